The number of benzene rings is 2. The molecule has 4 nitrogen and oxygen atoms in total. The molecule has 1 atom stereocenters. The summed E-state index contributed by atoms with van der Waals surface area (Å²) in [6.07, 6.45) is 1.41. The fraction of sp³-hybridized carbons (Fsp3) is 0.300. The largest absolute Gasteiger partial charge is 0.326 e. The number of anilines is 2. The summed E-state index contributed by atoms with van der Waals surface area (Å²) >= 11 is 5.37. The van der Waals surface area contributed by atoms with E-state index in [4.69, 9.17) is 0 Å². The van der Waals surface area contributed by atoms with Gasteiger partial charge in [-0.05, 0) is 47.8 Å². The molecule has 0 aromatic heterocycles. The summed E-state index contributed by atoms with van der Waals surface area (Å²) < 4.78 is 0.437. The predicted octanol–water partition coefficient (Wildman–Crippen LogP) is 5.00. The third-order valence-electron chi connectivity index (χ3n) is 4.35. The summed E-state index contributed by atoms with van der Waals surface area (Å²) in [4.78, 5) is 25.8. The molecule has 7 heteroatoms. The van der Waals surface area contributed by atoms with Gasteiger partial charge in [0.05, 0.1) is 15.5 Å². The molecule has 1 fully saturated rings. The lowest BCUT2D eigenvalue weighted by molar-refractivity contribution is -0.120. The molecule has 27 heavy (non-hydrogen) atoms. The molecule has 2 aliphatic heterocycles. The molecular formula is C20H20N2O2S3. The van der Waals surface area contributed by atoms with Crippen LogP contribution >= 0.6 is 35.3 Å². The van der Waals surface area contributed by atoms with Crippen LogP contribution in [0, 0.1) is 0 Å². The van der Waals surface area contributed by atoms with Gasteiger partial charge in [-0.2, -0.15) is 0 Å². The highest BCUT2D eigenvalue weighted by molar-refractivity contribution is 8.16. The number of thioether (sulfide) groups is 3. The third-order valence-corrected chi connectivity index (χ3v) is 8.64. The molecule has 2 aliphatic rings. The second kappa shape index (κ2) is 8.63. The molecule has 0 aliphatic carbocycles. The summed E-state index contributed by atoms with van der Waals surface area (Å²) in [7, 11) is 0. The van der Waals surface area contributed by atoms with Crippen LogP contribution in [0.25, 0.3) is 0 Å². The van der Waals surface area contributed by atoms with E-state index in [1.54, 1.807) is 0 Å². The highest BCUT2D eigenvalue weighted by atomic mass is 32.2. The van der Waals surface area contributed by atoms with Crippen molar-refractivity contribution in [2.24, 2.45) is 0 Å². The normalized spacial score (nSPS) is 19.9. The first kappa shape index (κ1) is 18.8. The summed E-state index contributed by atoms with van der Waals surface area (Å²) in [6, 6.07) is 15.7. The maximum Gasteiger partial charge on any atom is 0.238 e. The van der Waals surface area contributed by atoms with Gasteiger partial charge in [0, 0.05) is 17.0 Å². The van der Waals surface area contributed by atoms with Gasteiger partial charge in [0.15, 0.2) is 0 Å². The van der Waals surface area contributed by atoms with Crippen LogP contribution in [0.4, 0.5) is 11.4 Å². The lowest BCUT2D eigenvalue weighted by atomic mass is 10.2. The first-order valence-electron chi connectivity index (χ1n) is 8.88. The number of nitrogens with one attached hydrogen (secondary N) is 2. The van der Waals surface area contributed by atoms with Crippen LogP contribution in [0.3, 0.4) is 0 Å². The quantitative estimate of drug-likeness (QED) is 0.735. The molecule has 2 amide bonds. The molecule has 0 radical (unpaired) electrons. The zero-order valence-electron chi connectivity index (χ0n) is 14.6. The number of carbonyl (C=O) groups is 2. The molecule has 0 unspecified atom stereocenters. The van der Waals surface area contributed by atoms with E-state index in [9.17, 15) is 9.59 Å². The molecule has 140 valence electrons. The van der Waals surface area contributed by atoms with Crippen molar-refractivity contribution in [3.05, 3.63) is 54.1 Å². The number of carbonyl (C=O) groups excluding carboxylic acids is 2. The number of rotatable bonds is 4. The Labute approximate surface area is 171 Å². The van der Waals surface area contributed by atoms with E-state index in [0.29, 0.717) is 4.58 Å². The molecule has 2 heterocycles. The van der Waals surface area contributed by atoms with Gasteiger partial charge in [0.2, 0.25) is 11.8 Å². The lowest BCUT2D eigenvalue weighted by Crippen LogP contribution is -2.32. The van der Waals surface area contributed by atoms with Crippen molar-refractivity contribution in [2.75, 3.05) is 22.1 Å². The molecule has 2 aromatic carbocycles. The van der Waals surface area contributed by atoms with Gasteiger partial charge in [-0.3, -0.25) is 9.59 Å². The Hall–Kier alpha value is -1.57. The van der Waals surface area contributed by atoms with Crippen LogP contribution < -0.4 is 10.6 Å². The standard InChI is InChI=1S/C20H20N2O2S3/c23-18(12-17-19(24)22-15-7-1-2-8-16(15)27-17)21-14-6-3-5-13(11-14)20-25-9-4-10-26-20/h1-3,5-8,11,17,20H,4,9-10,12H2,(H,21,23)(H,22,24)/t17-/m0/s1. The summed E-state index contributed by atoms with van der Waals surface area (Å²) in [5.41, 5.74) is 2.85. The van der Waals surface area contributed by atoms with Crippen LogP contribution in [0.5, 0.6) is 0 Å². The first-order valence-corrected chi connectivity index (χ1v) is 11.9. The molecule has 2 aromatic rings. The van der Waals surface area contributed by atoms with Gasteiger partial charge in [0.1, 0.15) is 0 Å². The van der Waals surface area contributed by atoms with Gasteiger partial charge >= 0.3 is 0 Å². The van der Waals surface area contributed by atoms with Crippen molar-refractivity contribution < 1.29 is 9.59 Å². The first-order chi connectivity index (χ1) is 13.2. The van der Waals surface area contributed by atoms with Gasteiger partial charge in [-0.25, -0.2) is 0 Å². The van der Waals surface area contributed by atoms with E-state index in [2.05, 4.69) is 22.8 Å². The smallest absolute Gasteiger partial charge is 0.238 e. The zero-order chi connectivity index (χ0) is 18.6. The Kier molecular flexibility index (Phi) is 6.00. The summed E-state index contributed by atoms with van der Waals surface area (Å²) in [5, 5.41) is 5.44. The molecule has 0 bridgehead atoms. The van der Waals surface area contributed by atoms with Gasteiger partial charge in [-0.15, -0.1) is 35.3 Å². The minimum atomic E-state index is -0.410. The van der Waals surface area contributed by atoms with Crippen molar-refractivity contribution in [3.63, 3.8) is 0 Å². The second-order valence-corrected chi connectivity index (χ2v) is 10.4. The highest BCUT2D eigenvalue weighted by Crippen LogP contribution is 2.44. The Morgan fingerprint density at radius 1 is 1.11 bits per heavy atom. The van der Waals surface area contributed by atoms with Crippen molar-refractivity contribution in [1.82, 2.24) is 0 Å². The fourth-order valence-electron chi connectivity index (χ4n) is 3.05. The van der Waals surface area contributed by atoms with Crippen molar-refractivity contribution in [2.45, 2.75) is 27.6 Å². The topological polar surface area (TPSA) is 58.2 Å². The van der Waals surface area contributed by atoms with E-state index >= 15 is 0 Å². The molecule has 0 saturated carbocycles. The van der Waals surface area contributed by atoms with Crippen molar-refractivity contribution in [3.8, 4) is 0 Å². The number of hydrogen-bond donors (Lipinski definition) is 2. The number of para-hydroxylation sites is 1. The SMILES string of the molecule is O=C(C[C@@H]1Sc2ccccc2NC1=O)Nc1cccc(C2SCCCS2)c1. The van der Waals surface area contributed by atoms with E-state index < -0.39 is 5.25 Å². The maximum absolute atomic E-state index is 12.5. The lowest BCUT2D eigenvalue weighted by Gasteiger charge is -2.24. The van der Waals surface area contributed by atoms with Crippen LogP contribution in [0.1, 0.15) is 23.0 Å². The summed E-state index contributed by atoms with van der Waals surface area (Å²) in [6.45, 7) is 0. The number of fused-ring (bicyclic) bond motifs is 1. The van der Waals surface area contributed by atoms with Crippen molar-refractivity contribution in [1.29, 1.82) is 0 Å². The van der Waals surface area contributed by atoms with E-state index in [1.807, 2.05) is 59.9 Å². The Bertz CT molecular complexity index is 853. The van der Waals surface area contributed by atoms with E-state index in [0.717, 1.165) is 16.3 Å². The summed E-state index contributed by atoms with van der Waals surface area (Å²) in [5.74, 6) is 2.12. The minimum Gasteiger partial charge on any atom is -0.326 e. The highest BCUT2D eigenvalue weighted by Gasteiger charge is 2.28. The van der Waals surface area contributed by atoms with Gasteiger partial charge < -0.3 is 10.6 Å². The molecular weight excluding hydrogens is 396 g/mol. The predicted molar refractivity (Wildman–Crippen MR) is 117 cm³/mol. The van der Waals surface area contributed by atoms with Crippen molar-refractivity contribution >= 4 is 58.5 Å². The number of amides is 2. The average molecular weight is 417 g/mol. The van der Waals surface area contributed by atoms with E-state index in [-0.39, 0.29) is 18.2 Å². The van der Waals surface area contributed by atoms with Gasteiger partial charge in [0.25, 0.3) is 0 Å². The van der Waals surface area contributed by atoms with E-state index in [1.165, 1.54) is 35.3 Å². The Morgan fingerprint density at radius 2 is 1.93 bits per heavy atom. The zero-order valence-corrected chi connectivity index (χ0v) is 17.1. The molecule has 1 saturated heterocycles. The monoisotopic (exact) mass is 416 g/mol. The van der Waals surface area contributed by atoms with Crippen LogP contribution in [-0.2, 0) is 9.59 Å². The van der Waals surface area contributed by atoms with Crippen LogP contribution in [0.2, 0.25) is 0 Å². The molecule has 0 spiro atoms. The fourth-order valence-corrected chi connectivity index (χ4v) is 7.03. The minimum absolute atomic E-state index is 0.113. The maximum atomic E-state index is 12.5. The molecule has 2 N–H and O–H groups in total. The number of hydrogen-bond acceptors (Lipinski definition) is 5. The Balaban J connectivity index is 1.39. The third kappa shape index (κ3) is 4.65. The van der Waals surface area contributed by atoms with Crippen LogP contribution in [0.15, 0.2) is 53.4 Å². The average Bonchev–Trinajstić information content (AvgIpc) is 2.69. The Morgan fingerprint density at radius 3 is 2.78 bits per heavy atom. The van der Waals surface area contributed by atoms with Crippen LogP contribution in [-0.4, -0.2) is 28.6 Å². The van der Waals surface area contributed by atoms with Gasteiger partial charge in [-0.1, -0.05) is 24.3 Å². The second-order valence-electron chi connectivity index (χ2n) is 6.40. The molecule has 4 rings (SSSR count).